The summed E-state index contributed by atoms with van der Waals surface area (Å²) in [6.45, 7) is 0. The fraction of sp³-hybridized carbons (Fsp3) is 0.100. The lowest BCUT2D eigenvalue weighted by Crippen LogP contribution is -1.91. The Morgan fingerprint density at radius 1 is 1.27 bits per heavy atom. The Morgan fingerprint density at radius 3 is 2.73 bits per heavy atom. The summed E-state index contributed by atoms with van der Waals surface area (Å²) in [6, 6.07) is 5.64. The van der Waals surface area contributed by atoms with Crippen LogP contribution in [0.5, 0.6) is 0 Å². The van der Waals surface area contributed by atoms with E-state index in [2.05, 4.69) is 15.0 Å². The zero-order valence-electron chi connectivity index (χ0n) is 8.01. The summed E-state index contributed by atoms with van der Waals surface area (Å²) in [6.07, 6.45) is 5.32. The van der Waals surface area contributed by atoms with Crippen LogP contribution in [0.2, 0.25) is 5.15 Å². The molecule has 0 saturated carbocycles. The fourth-order valence-electron chi connectivity index (χ4n) is 1.14. The van der Waals surface area contributed by atoms with Crippen LogP contribution in [-0.2, 0) is 0 Å². The first-order valence-corrected chi connectivity index (χ1v) is 5.89. The Labute approximate surface area is 96.9 Å². The Balaban J connectivity index is 2.46. The van der Waals surface area contributed by atoms with E-state index in [0.29, 0.717) is 10.3 Å². The number of pyridine rings is 1. The van der Waals surface area contributed by atoms with E-state index >= 15 is 0 Å². The first kappa shape index (κ1) is 10.4. The number of halogens is 1. The highest BCUT2D eigenvalue weighted by Gasteiger charge is 2.07. The van der Waals surface area contributed by atoms with Crippen molar-refractivity contribution in [2.45, 2.75) is 5.16 Å². The van der Waals surface area contributed by atoms with Gasteiger partial charge in [-0.2, -0.15) is 0 Å². The average molecular weight is 238 g/mol. The van der Waals surface area contributed by atoms with Crippen LogP contribution in [0.4, 0.5) is 0 Å². The summed E-state index contributed by atoms with van der Waals surface area (Å²) in [4.78, 5) is 12.5. The third kappa shape index (κ3) is 2.27. The van der Waals surface area contributed by atoms with Crippen LogP contribution < -0.4 is 0 Å². The molecule has 0 atom stereocenters. The molecule has 0 aliphatic rings. The van der Waals surface area contributed by atoms with Gasteiger partial charge in [-0.25, -0.2) is 9.97 Å². The number of nitrogens with zero attached hydrogens (tertiary/aromatic N) is 3. The molecule has 2 heterocycles. The van der Waals surface area contributed by atoms with E-state index in [9.17, 15) is 0 Å². The van der Waals surface area contributed by atoms with Crippen LogP contribution in [0, 0.1) is 0 Å². The fourth-order valence-corrected chi connectivity index (χ4v) is 1.75. The predicted octanol–water partition coefficient (Wildman–Crippen LogP) is 2.91. The Bertz CT molecular complexity index is 461. The van der Waals surface area contributed by atoms with Crippen molar-refractivity contribution in [3.8, 4) is 11.3 Å². The van der Waals surface area contributed by atoms with Crippen molar-refractivity contribution in [2.24, 2.45) is 0 Å². The Kier molecular flexibility index (Phi) is 3.18. The lowest BCUT2D eigenvalue weighted by molar-refractivity contribution is 0.971. The standard InChI is InChI=1S/C10H8ClN3S/c1-15-10-13-6-7(9(11)14-10)8-4-2-3-5-12-8/h2-6H,1H3. The number of thioether (sulfide) groups is 1. The van der Waals surface area contributed by atoms with Gasteiger partial charge >= 0.3 is 0 Å². The summed E-state index contributed by atoms with van der Waals surface area (Å²) in [7, 11) is 0. The first-order chi connectivity index (χ1) is 7.31. The Morgan fingerprint density at radius 2 is 2.13 bits per heavy atom. The average Bonchev–Trinajstić information content (AvgIpc) is 2.30. The minimum Gasteiger partial charge on any atom is -0.256 e. The van der Waals surface area contributed by atoms with E-state index in [0.717, 1.165) is 11.3 Å². The van der Waals surface area contributed by atoms with Crippen LogP contribution in [0.1, 0.15) is 0 Å². The van der Waals surface area contributed by atoms with Gasteiger partial charge in [0.15, 0.2) is 5.16 Å². The SMILES string of the molecule is CSc1ncc(-c2ccccn2)c(Cl)n1. The molecule has 15 heavy (non-hydrogen) atoms. The molecular weight excluding hydrogens is 230 g/mol. The van der Waals surface area contributed by atoms with Crippen molar-refractivity contribution in [3.63, 3.8) is 0 Å². The van der Waals surface area contributed by atoms with E-state index in [-0.39, 0.29) is 0 Å². The molecule has 0 spiro atoms. The molecule has 0 unspecified atom stereocenters. The van der Waals surface area contributed by atoms with E-state index in [1.807, 2.05) is 24.5 Å². The van der Waals surface area contributed by atoms with Crippen LogP contribution in [0.3, 0.4) is 0 Å². The van der Waals surface area contributed by atoms with Gasteiger partial charge in [0.2, 0.25) is 0 Å². The van der Waals surface area contributed by atoms with E-state index in [1.54, 1.807) is 12.4 Å². The van der Waals surface area contributed by atoms with Crippen molar-refractivity contribution in [2.75, 3.05) is 6.26 Å². The third-order valence-corrected chi connectivity index (χ3v) is 2.69. The number of hydrogen-bond acceptors (Lipinski definition) is 4. The second-order valence-electron chi connectivity index (χ2n) is 2.78. The van der Waals surface area contributed by atoms with Crippen LogP contribution in [0.15, 0.2) is 35.7 Å². The lowest BCUT2D eigenvalue weighted by atomic mass is 10.2. The minimum atomic E-state index is 0.438. The monoisotopic (exact) mass is 237 g/mol. The molecule has 0 saturated heterocycles. The van der Waals surface area contributed by atoms with Gasteiger partial charge in [-0.05, 0) is 18.4 Å². The molecule has 0 radical (unpaired) electrons. The van der Waals surface area contributed by atoms with Gasteiger partial charge in [0.25, 0.3) is 0 Å². The summed E-state index contributed by atoms with van der Waals surface area (Å²) < 4.78 is 0. The highest BCUT2D eigenvalue weighted by molar-refractivity contribution is 7.98. The van der Waals surface area contributed by atoms with Crippen molar-refractivity contribution >= 4 is 23.4 Å². The molecule has 0 bridgehead atoms. The molecule has 0 aromatic carbocycles. The molecule has 0 N–H and O–H groups in total. The third-order valence-electron chi connectivity index (χ3n) is 1.84. The molecule has 2 aromatic rings. The topological polar surface area (TPSA) is 38.7 Å². The largest absolute Gasteiger partial charge is 0.256 e. The zero-order valence-corrected chi connectivity index (χ0v) is 9.59. The van der Waals surface area contributed by atoms with Crippen molar-refractivity contribution < 1.29 is 0 Å². The van der Waals surface area contributed by atoms with Crippen molar-refractivity contribution in [1.82, 2.24) is 15.0 Å². The number of hydrogen-bond donors (Lipinski definition) is 0. The van der Waals surface area contributed by atoms with Crippen LogP contribution in [0.25, 0.3) is 11.3 Å². The molecule has 0 aliphatic heterocycles. The summed E-state index contributed by atoms with van der Waals surface area (Å²) in [5.41, 5.74) is 1.55. The number of aromatic nitrogens is 3. The summed E-state index contributed by atoms with van der Waals surface area (Å²) in [5, 5.41) is 1.10. The van der Waals surface area contributed by atoms with Gasteiger partial charge in [-0.3, -0.25) is 4.98 Å². The maximum atomic E-state index is 6.04. The molecule has 5 heteroatoms. The van der Waals surface area contributed by atoms with E-state index in [4.69, 9.17) is 11.6 Å². The molecule has 2 aromatic heterocycles. The van der Waals surface area contributed by atoms with Crippen LogP contribution in [-0.4, -0.2) is 21.2 Å². The molecular formula is C10H8ClN3S. The Hall–Kier alpha value is -1.13. The summed E-state index contributed by atoms with van der Waals surface area (Å²) >= 11 is 7.50. The highest BCUT2D eigenvalue weighted by Crippen LogP contribution is 2.24. The predicted molar refractivity (Wildman–Crippen MR) is 62.1 cm³/mol. The van der Waals surface area contributed by atoms with Gasteiger partial charge in [0.05, 0.1) is 11.3 Å². The van der Waals surface area contributed by atoms with Gasteiger partial charge in [0, 0.05) is 12.4 Å². The van der Waals surface area contributed by atoms with Gasteiger partial charge < -0.3 is 0 Å². The molecule has 0 fully saturated rings. The second-order valence-corrected chi connectivity index (χ2v) is 3.91. The van der Waals surface area contributed by atoms with Gasteiger partial charge in [-0.15, -0.1) is 0 Å². The molecule has 0 amide bonds. The number of rotatable bonds is 2. The molecule has 2 rings (SSSR count). The smallest absolute Gasteiger partial charge is 0.188 e. The summed E-state index contributed by atoms with van der Waals surface area (Å²) in [5.74, 6) is 0. The molecule has 3 nitrogen and oxygen atoms in total. The quantitative estimate of drug-likeness (QED) is 0.457. The van der Waals surface area contributed by atoms with Crippen LogP contribution >= 0.6 is 23.4 Å². The lowest BCUT2D eigenvalue weighted by Gasteiger charge is -2.02. The maximum absolute atomic E-state index is 6.04. The first-order valence-electron chi connectivity index (χ1n) is 4.29. The van der Waals surface area contributed by atoms with E-state index in [1.165, 1.54) is 11.8 Å². The zero-order chi connectivity index (χ0) is 10.7. The molecule has 0 aliphatic carbocycles. The minimum absolute atomic E-state index is 0.438. The van der Waals surface area contributed by atoms with Crippen molar-refractivity contribution in [1.29, 1.82) is 0 Å². The molecule has 76 valence electrons. The van der Waals surface area contributed by atoms with E-state index < -0.39 is 0 Å². The van der Waals surface area contributed by atoms with Crippen molar-refractivity contribution in [3.05, 3.63) is 35.7 Å². The van der Waals surface area contributed by atoms with Gasteiger partial charge in [-0.1, -0.05) is 29.4 Å². The normalized spacial score (nSPS) is 10.3. The van der Waals surface area contributed by atoms with Gasteiger partial charge in [0.1, 0.15) is 5.15 Å². The second kappa shape index (κ2) is 4.59. The highest BCUT2D eigenvalue weighted by atomic mass is 35.5. The maximum Gasteiger partial charge on any atom is 0.188 e.